The second-order valence-corrected chi connectivity index (χ2v) is 6.70. The Labute approximate surface area is 110 Å². The molecule has 2 unspecified atom stereocenters. The highest BCUT2D eigenvalue weighted by molar-refractivity contribution is 14.1. The molecule has 0 heterocycles. The van der Waals surface area contributed by atoms with E-state index in [0.717, 1.165) is 12.0 Å². The molecule has 0 saturated carbocycles. The summed E-state index contributed by atoms with van der Waals surface area (Å²) in [5.74, 6) is 0.0289. The molecule has 0 bridgehead atoms. The topological polar surface area (TPSA) is 20.2 Å². The number of alkyl halides is 1. The number of halogens is 2. The Morgan fingerprint density at radius 3 is 2.38 bits per heavy atom. The number of phenolic OH excluding ortho intramolecular Hbond substituents is 1. The van der Waals surface area contributed by atoms with Crippen molar-refractivity contribution in [3.05, 3.63) is 29.6 Å². The maximum absolute atomic E-state index is 13.3. The normalized spacial score (nSPS) is 15.1. The molecule has 0 spiro atoms. The first-order chi connectivity index (χ1) is 7.41. The average Bonchev–Trinajstić information content (AvgIpc) is 2.18. The van der Waals surface area contributed by atoms with Gasteiger partial charge in [0, 0.05) is 3.92 Å². The Bertz CT molecular complexity index is 350. The lowest BCUT2D eigenvalue weighted by molar-refractivity contribution is 0.426. The molecule has 16 heavy (non-hydrogen) atoms. The van der Waals surface area contributed by atoms with Gasteiger partial charge in [-0.15, -0.1) is 0 Å². The van der Waals surface area contributed by atoms with Crippen molar-refractivity contribution in [2.24, 2.45) is 5.92 Å². The molecule has 0 amide bonds. The molecule has 0 aliphatic heterocycles. The number of aromatic hydroxyl groups is 1. The molecule has 0 aromatic heterocycles. The van der Waals surface area contributed by atoms with E-state index < -0.39 is 5.82 Å². The highest BCUT2D eigenvalue weighted by Gasteiger charge is 2.19. The number of hydrogen-bond acceptors (Lipinski definition) is 1. The highest BCUT2D eigenvalue weighted by atomic mass is 127. The molecule has 0 saturated heterocycles. The third-order valence-corrected chi connectivity index (χ3v) is 3.29. The molecule has 1 N–H and O–H groups in total. The minimum absolute atomic E-state index is 0.270. The Kier molecular flexibility index (Phi) is 5.02. The summed E-state index contributed by atoms with van der Waals surface area (Å²) in [6.07, 6.45) is 1.03. The second kappa shape index (κ2) is 5.84. The lowest BCUT2D eigenvalue weighted by Crippen LogP contribution is -2.11. The summed E-state index contributed by atoms with van der Waals surface area (Å²) < 4.78 is 13.8. The maximum atomic E-state index is 13.3. The van der Waals surface area contributed by atoms with Gasteiger partial charge in [0.1, 0.15) is 0 Å². The standard InChI is InChI=1S/C13H18FIO/c1-8(2)11(6-9(3)15)10-4-5-13(16)12(14)7-10/h4-5,7-9,11,16H,6H2,1-3H3. The van der Waals surface area contributed by atoms with Crippen molar-refractivity contribution in [1.29, 1.82) is 0 Å². The smallest absolute Gasteiger partial charge is 0.165 e. The van der Waals surface area contributed by atoms with Gasteiger partial charge in [0.25, 0.3) is 0 Å². The second-order valence-electron chi connectivity index (χ2n) is 4.58. The van der Waals surface area contributed by atoms with E-state index in [4.69, 9.17) is 5.11 Å². The Morgan fingerprint density at radius 1 is 1.31 bits per heavy atom. The fraction of sp³-hybridized carbons (Fsp3) is 0.538. The first-order valence-corrected chi connectivity index (χ1v) is 6.79. The van der Waals surface area contributed by atoms with Gasteiger partial charge in [0.2, 0.25) is 0 Å². The number of benzene rings is 1. The summed E-state index contributed by atoms with van der Waals surface area (Å²) in [6.45, 7) is 6.45. The van der Waals surface area contributed by atoms with Gasteiger partial charge in [-0.3, -0.25) is 0 Å². The van der Waals surface area contributed by atoms with Gasteiger partial charge in [-0.2, -0.15) is 0 Å². The quantitative estimate of drug-likeness (QED) is 0.635. The summed E-state index contributed by atoms with van der Waals surface area (Å²) in [5.41, 5.74) is 0.980. The van der Waals surface area contributed by atoms with E-state index in [1.165, 1.54) is 12.1 Å². The highest BCUT2D eigenvalue weighted by Crippen LogP contribution is 2.32. The van der Waals surface area contributed by atoms with Crippen molar-refractivity contribution in [3.8, 4) is 5.75 Å². The van der Waals surface area contributed by atoms with Crippen molar-refractivity contribution in [3.63, 3.8) is 0 Å². The first kappa shape index (κ1) is 13.7. The summed E-state index contributed by atoms with van der Waals surface area (Å²) >= 11 is 2.39. The summed E-state index contributed by atoms with van der Waals surface area (Å²) in [5, 5.41) is 9.17. The van der Waals surface area contributed by atoms with Gasteiger partial charge in [-0.1, -0.05) is 49.4 Å². The molecule has 0 aliphatic carbocycles. The third-order valence-electron chi connectivity index (χ3n) is 2.78. The fourth-order valence-electron chi connectivity index (χ4n) is 1.90. The van der Waals surface area contributed by atoms with Crippen LogP contribution in [0.15, 0.2) is 18.2 Å². The van der Waals surface area contributed by atoms with Gasteiger partial charge in [-0.05, 0) is 36.0 Å². The molecule has 1 aromatic rings. The molecule has 90 valence electrons. The predicted molar refractivity (Wildman–Crippen MR) is 73.7 cm³/mol. The van der Waals surface area contributed by atoms with E-state index in [-0.39, 0.29) is 5.75 Å². The molecule has 0 aliphatic rings. The Morgan fingerprint density at radius 2 is 1.94 bits per heavy atom. The Balaban J connectivity index is 2.97. The van der Waals surface area contributed by atoms with Crippen molar-refractivity contribution in [1.82, 2.24) is 0 Å². The van der Waals surface area contributed by atoms with Crippen LogP contribution in [0.1, 0.15) is 38.7 Å². The van der Waals surface area contributed by atoms with Crippen molar-refractivity contribution in [2.75, 3.05) is 0 Å². The van der Waals surface area contributed by atoms with Crippen molar-refractivity contribution in [2.45, 2.75) is 37.0 Å². The fourth-order valence-corrected chi connectivity index (χ4v) is 2.44. The Hall–Kier alpha value is -0.320. The summed E-state index contributed by atoms with van der Waals surface area (Å²) in [7, 11) is 0. The van der Waals surface area contributed by atoms with Gasteiger partial charge < -0.3 is 5.11 Å². The van der Waals surface area contributed by atoms with E-state index in [9.17, 15) is 4.39 Å². The first-order valence-electron chi connectivity index (χ1n) is 5.54. The third kappa shape index (κ3) is 3.61. The molecule has 2 atom stereocenters. The van der Waals surface area contributed by atoms with Crippen LogP contribution in [0.2, 0.25) is 0 Å². The van der Waals surface area contributed by atoms with Crippen LogP contribution in [0.5, 0.6) is 5.75 Å². The van der Waals surface area contributed by atoms with E-state index in [0.29, 0.717) is 15.8 Å². The van der Waals surface area contributed by atoms with Crippen LogP contribution >= 0.6 is 22.6 Å². The number of hydrogen-bond donors (Lipinski definition) is 1. The van der Waals surface area contributed by atoms with Crippen LogP contribution in [-0.2, 0) is 0 Å². The van der Waals surface area contributed by atoms with Gasteiger partial charge >= 0.3 is 0 Å². The molecule has 3 heteroatoms. The zero-order valence-corrected chi connectivity index (χ0v) is 12.0. The van der Waals surface area contributed by atoms with Crippen LogP contribution in [0.3, 0.4) is 0 Å². The van der Waals surface area contributed by atoms with Crippen LogP contribution in [-0.4, -0.2) is 9.03 Å². The summed E-state index contributed by atoms with van der Waals surface area (Å²) in [4.78, 5) is 0. The van der Waals surface area contributed by atoms with Gasteiger partial charge in [-0.25, -0.2) is 4.39 Å². The molecule has 0 fully saturated rings. The number of phenols is 1. The van der Waals surface area contributed by atoms with Crippen LogP contribution in [0.25, 0.3) is 0 Å². The molecular formula is C13H18FIO. The van der Waals surface area contributed by atoms with E-state index >= 15 is 0 Å². The largest absolute Gasteiger partial charge is 0.505 e. The SMILES string of the molecule is CC(I)CC(c1ccc(O)c(F)c1)C(C)C. The minimum Gasteiger partial charge on any atom is -0.505 e. The molecule has 0 radical (unpaired) electrons. The zero-order valence-electron chi connectivity index (χ0n) is 9.87. The van der Waals surface area contributed by atoms with Gasteiger partial charge in [0.05, 0.1) is 0 Å². The van der Waals surface area contributed by atoms with E-state index in [2.05, 4.69) is 43.4 Å². The van der Waals surface area contributed by atoms with Crippen LogP contribution in [0, 0.1) is 11.7 Å². The summed E-state index contributed by atoms with van der Waals surface area (Å²) in [6, 6.07) is 4.72. The zero-order chi connectivity index (χ0) is 12.3. The average molecular weight is 336 g/mol. The van der Waals surface area contributed by atoms with Crippen molar-refractivity contribution < 1.29 is 9.50 Å². The molecular weight excluding hydrogens is 318 g/mol. The van der Waals surface area contributed by atoms with Crippen molar-refractivity contribution >= 4 is 22.6 Å². The minimum atomic E-state index is -0.524. The lowest BCUT2D eigenvalue weighted by Gasteiger charge is -2.22. The van der Waals surface area contributed by atoms with E-state index in [1.54, 1.807) is 0 Å². The molecule has 1 nitrogen and oxygen atoms in total. The number of rotatable bonds is 4. The maximum Gasteiger partial charge on any atom is 0.165 e. The van der Waals surface area contributed by atoms with Crippen LogP contribution < -0.4 is 0 Å². The molecule has 1 aromatic carbocycles. The molecule has 1 rings (SSSR count). The van der Waals surface area contributed by atoms with Crippen LogP contribution in [0.4, 0.5) is 4.39 Å². The predicted octanol–water partition coefficient (Wildman–Crippen LogP) is 4.48. The lowest BCUT2D eigenvalue weighted by atomic mass is 9.85. The van der Waals surface area contributed by atoms with E-state index in [1.807, 2.05) is 6.07 Å². The van der Waals surface area contributed by atoms with Gasteiger partial charge in [0.15, 0.2) is 11.6 Å². The monoisotopic (exact) mass is 336 g/mol.